The van der Waals surface area contributed by atoms with E-state index in [1.165, 1.54) is 10.8 Å². The molecule has 0 atom stereocenters. The van der Waals surface area contributed by atoms with Crippen LogP contribution in [0.3, 0.4) is 0 Å². The molecule has 0 saturated carbocycles. The first-order chi connectivity index (χ1) is 10.2. The first kappa shape index (κ1) is 12.1. The Morgan fingerprint density at radius 1 is 0.905 bits per heavy atom. The standard InChI is InChI=1S/C18H15N3/c1-12-16(11-19-21(12)2)13-7-8-15-9-14-5-3-4-6-17(14)20-18(15)10-13/h3-11H,1-2H3. The Bertz CT molecular complexity index is 967. The second-order valence-electron chi connectivity index (χ2n) is 5.36. The number of hydrogen-bond acceptors (Lipinski definition) is 2. The third-order valence-corrected chi connectivity index (χ3v) is 4.07. The molecule has 0 N–H and O–H groups in total. The average molecular weight is 273 g/mol. The summed E-state index contributed by atoms with van der Waals surface area (Å²) >= 11 is 0. The Hall–Kier alpha value is -2.68. The van der Waals surface area contributed by atoms with Crippen LogP contribution in [0.5, 0.6) is 0 Å². The number of benzene rings is 2. The molecule has 0 spiro atoms. The van der Waals surface area contributed by atoms with Crippen molar-refractivity contribution in [2.45, 2.75) is 6.92 Å². The molecule has 0 amide bonds. The van der Waals surface area contributed by atoms with E-state index in [1.54, 1.807) is 0 Å². The first-order valence-corrected chi connectivity index (χ1v) is 7.01. The number of para-hydroxylation sites is 1. The smallest absolute Gasteiger partial charge is 0.0715 e. The van der Waals surface area contributed by atoms with Crippen LogP contribution in [0, 0.1) is 6.92 Å². The summed E-state index contributed by atoms with van der Waals surface area (Å²) in [6.45, 7) is 2.08. The molecule has 2 heterocycles. The van der Waals surface area contributed by atoms with Crippen LogP contribution < -0.4 is 0 Å². The molecule has 3 nitrogen and oxygen atoms in total. The van der Waals surface area contributed by atoms with Gasteiger partial charge in [0.2, 0.25) is 0 Å². The predicted octanol–water partition coefficient (Wildman–Crippen LogP) is 4.10. The largest absolute Gasteiger partial charge is 0.272 e. The van der Waals surface area contributed by atoms with Crippen molar-refractivity contribution in [2.75, 3.05) is 0 Å². The second-order valence-corrected chi connectivity index (χ2v) is 5.36. The summed E-state index contributed by atoms with van der Waals surface area (Å²) in [6, 6.07) is 16.8. The Morgan fingerprint density at radius 2 is 1.71 bits per heavy atom. The van der Waals surface area contributed by atoms with E-state index >= 15 is 0 Å². The van der Waals surface area contributed by atoms with E-state index in [9.17, 15) is 0 Å². The van der Waals surface area contributed by atoms with Gasteiger partial charge in [-0.2, -0.15) is 5.10 Å². The van der Waals surface area contributed by atoms with Crippen LogP contribution in [-0.4, -0.2) is 14.8 Å². The molecule has 0 aliphatic carbocycles. The number of hydrogen-bond donors (Lipinski definition) is 0. The summed E-state index contributed by atoms with van der Waals surface area (Å²) in [4.78, 5) is 4.77. The molecule has 0 aliphatic heterocycles. The average Bonchev–Trinajstić information content (AvgIpc) is 2.84. The molecule has 0 radical (unpaired) electrons. The Balaban J connectivity index is 1.97. The zero-order valence-electron chi connectivity index (χ0n) is 12.0. The van der Waals surface area contributed by atoms with Crippen LogP contribution in [0.4, 0.5) is 0 Å². The fraction of sp³-hybridized carbons (Fsp3) is 0.111. The van der Waals surface area contributed by atoms with E-state index in [0.29, 0.717) is 0 Å². The minimum Gasteiger partial charge on any atom is -0.272 e. The molecule has 2 aromatic heterocycles. The number of pyridine rings is 1. The van der Waals surface area contributed by atoms with Crippen molar-refractivity contribution in [3.05, 3.63) is 60.4 Å². The number of aromatic nitrogens is 3. The van der Waals surface area contributed by atoms with Crippen molar-refractivity contribution >= 4 is 21.8 Å². The Labute approximate surface area is 122 Å². The van der Waals surface area contributed by atoms with Gasteiger partial charge in [0.25, 0.3) is 0 Å². The summed E-state index contributed by atoms with van der Waals surface area (Å²) in [5.41, 5.74) is 5.54. The first-order valence-electron chi connectivity index (χ1n) is 7.01. The van der Waals surface area contributed by atoms with E-state index in [2.05, 4.69) is 48.4 Å². The van der Waals surface area contributed by atoms with Gasteiger partial charge in [-0.1, -0.05) is 30.3 Å². The molecular formula is C18H15N3. The van der Waals surface area contributed by atoms with E-state index in [4.69, 9.17) is 4.98 Å². The third-order valence-electron chi connectivity index (χ3n) is 4.07. The minimum atomic E-state index is 1.02. The molecule has 0 aliphatic rings. The summed E-state index contributed by atoms with van der Waals surface area (Å²) in [6.07, 6.45) is 1.91. The van der Waals surface area contributed by atoms with Crippen molar-refractivity contribution in [3.8, 4) is 11.1 Å². The molecular weight excluding hydrogens is 258 g/mol. The molecule has 4 aromatic rings. The van der Waals surface area contributed by atoms with Gasteiger partial charge in [-0.3, -0.25) is 4.68 Å². The molecule has 0 unspecified atom stereocenters. The molecule has 2 aromatic carbocycles. The van der Waals surface area contributed by atoms with Crippen LogP contribution >= 0.6 is 0 Å². The van der Waals surface area contributed by atoms with Gasteiger partial charge in [-0.15, -0.1) is 0 Å². The van der Waals surface area contributed by atoms with Gasteiger partial charge < -0.3 is 0 Å². The highest BCUT2D eigenvalue weighted by atomic mass is 15.3. The number of fused-ring (bicyclic) bond motifs is 2. The van der Waals surface area contributed by atoms with Crippen LogP contribution in [0.1, 0.15) is 5.69 Å². The summed E-state index contributed by atoms with van der Waals surface area (Å²) in [5.74, 6) is 0. The third kappa shape index (κ3) is 1.89. The predicted molar refractivity (Wildman–Crippen MR) is 86.2 cm³/mol. The normalized spacial score (nSPS) is 11.3. The summed E-state index contributed by atoms with van der Waals surface area (Å²) in [7, 11) is 1.96. The van der Waals surface area contributed by atoms with E-state index < -0.39 is 0 Å². The maximum absolute atomic E-state index is 4.77. The zero-order chi connectivity index (χ0) is 14.4. The van der Waals surface area contributed by atoms with Crippen LogP contribution in [0.25, 0.3) is 32.9 Å². The van der Waals surface area contributed by atoms with Crippen molar-refractivity contribution < 1.29 is 0 Å². The van der Waals surface area contributed by atoms with Crippen molar-refractivity contribution in [3.63, 3.8) is 0 Å². The lowest BCUT2D eigenvalue weighted by atomic mass is 10.0. The molecule has 0 fully saturated rings. The Morgan fingerprint density at radius 3 is 2.52 bits per heavy atom. The maximum atomic E-state index is 4.77. The van der Waals surface area contributed by atoms with Crippen molar-refractivity contribution in [1.29, 1.82) is 0 Å². The zero-order valence-corrected chi connectivity index (χ0v) is 12.0. The lowest BCUT2D eigenvalue weighted by molar-refractivity contribution is 0.740. The minimum absolute atomic E-state index is 1.02. The quantitative estimate of drug-likeness (QED) is 0.489. The van der Waals surface area contributed by atoms with Gasteiger partial charge in [0.15, 0.2) is 0 Å². The fourth-order valence-corrected chi connectivity index (χ4v) is 2.72. The van der Waals surface area contributed by atoms with Gasteiger partial charge in [-0.05, 0) is 30.7 Å². The lowest BCUT2D eigenvalue weighted by Gasteiger charge is -2.05. The van der Waals surface area contributed by atoms with Crippen LogP contribution in [0.2, 0.25) is 0 Å². The van der Waals surface area contributed by atoms with E-state index in [-0.39, 0.29) is 0 Å². The van der Waals surface area contributed by atoms with Crippen molar-refractivity contribution in [1.82, 2.24) is 14.8 Å². The van der Waals surface area contributed by atoms with E-state index in [1.807, 2.05) is 30.1 Å². The van der Waals surface area contributed by atoms with Gasteiger partial charge in [0.1, 0.15) is 0 Å². The van der Waals surface area contributed by atoms with Gasteiger partial charge in [0.05, 0.1) is 17.2 Å². The molecule has 21 heavy (non-hydrogen) atoms. The molecule has 3 heteroatoms. The summed E-state index contributed by atoms with van der Waals surface area (Å²) in [5, 5.41) is 6.66. The highest BCUT2D eigenvalue weighted by Gasteiger charge is 2.08. The molecule has 0 bridgehead atoms. The van der Waals surface area contributed by atoms with Gasteiger partial charge >= 0.3 is 0 Å². The molecule has 4 rings (SSSR count). The molecule has 102 valence electrons. The lowest BCUT2D eigenvalue weighted by Crippen LogP contribution is -1.92. The highest BCUT2D eigenvalue weighted by Crippen LogP contribution is 2.27. The van der Waals surface area contributed by atoms with Crippen molar-refractivity contribution in [2.24, 2.45) is 7.05 Å². The number of rotatable bonds is 1. The van der Waals surface area contributed by atoms with E-state index in [0.717, 1.165) is 27.9 Å². The van der Waals surface area contributed by atoms with Crippen LogP contribution in [-0.2, 0) is 7.05 Å². The molecule has 0 saturated heterocycles. The second kappa shape index (κ2) is 4.42. The number of aryl methyl sites for hydroxylation is 1. The maximum Gasteiger partial charge on any atom is 0.0715 e. The van der Waals surface area contributed by atoms with Gasteiger partial charge in [-0.25, -0.2) is 4.98 Å². The van der Waals surface area contributed by atoms with Gasteiger partial charge in [0, 0.05) is 29.1 Å². The monoisotopic (exact) mass is 273 g/mol. The highest BCUT2D eigenvalue weighted by molar-refractivity contribution is 5.94. The van der Waals surface area contributed by atoms with Crippen LogP contribution in [0.15, 0.2) is 54.7 Å². The summed E-state index contributed by atoms with van der Waals surface area (Å²) < 4.78 is 1.90. The fourth-order valence-electron chi connectivity index (χ4n) is 2.72. The topological polar surface area (TPSA) is 30.7 Å². The SMILES string of the molecule is Cc1c(-c2ccc3cc4ccccc4nc3c2)cnn1C. The number of nitrogens with zero attached hydrogens (tertiary/aromatic N) is 3. The Kier molecular flexibility index (Phi) is 2.54.